The highest BCUT2D eigenvalue weighted by Gasteiger charge is 2.30. The summed E-state index contributed by atoms with van der Waals surface area (Å²) in [6, 6.07) is 6.46. The van der Waals surface area contributed by atoms with Crippen LogP contribution in [0.2, 0.25) is 5.02 Å². The fraction of sp³-hybridized carbons (Fsp3) is 0.562. The van der Waals surface area contributed by atoms with E-state index in [0.29, 0.717) is 17.9 Å². The van der Waals surface area contributed by atoms with Gasteiger partial charge in [-0.3, -0.25) is 0 Å². The van der Waals surface area contributed by atoms with Gasteiger partial charge in [-0.05, 0) is 49.0 Å². The SMILES string of the molecule is CC(C)C1CCCCC1n1c(=S)[nH]c2cccc(Cl)c21. The lowest BCUT2D eigenvalue weighted by atomic mass is 9.77. The minimum atomic E-state index is 0.477. The first-order valence-electron chi connectivity index (χ1n) is 7.48. The van der Waals surface area contributed by atoms with E-state index in [2.05, 4.69) is 29.5 Å². The van der Waals surface area contributed by atoms with Gasteiger partial charge in [0.2, 0.25) is 0 Å². The maximum absolute atomic E-state index is 6.43. The van der Waals surface area contributed by atoms with Crippen molar-refractivity contribution in [3.8, 4) is 0 Å². The van der Waals surface area contributed by atoms with Crippen LogP contribution in [-0.4, -0.2) is 9.55 Å². The zero-order valence-electron chi connectivity index (χ0n) is 12.0. The van der Waals surface area contributed by atoms with Crippen molar-refractivity contribution in [1.29, 1.82) is 0 Å². The summed E-state index contributed by atoms with van der Waals surface area (Å²) in [5.74, 6) is 1.36. The predicted molar refractivity (Wildman–Crippen MR) is 88.0 cm³/mol. The molecular weight excluding hydrogens is 288 g/mol. The van der Waals surface area contributed by atoms with Gasteiger partial charge in [-0.1, -0.05) is 44.4 Å². The van der Waals surface area contributed by atoms with Gasteiger partial charge in [-0.25, -0.2) is 0 Å². The number of aromatic nitrogens is 2. The van der Waals surface area contributed by atoms with Gasteiger partial charge in [0, 0.05) is 6.04 Å². The number of nitrogens with one attached hydrogen (secondary N) is 1. The van der Waals surface area contributed by atoms with Gasteiger partial charge in [-0.2, -0.15) is 0 Å². The highest BCUT2D eigenvalue weighted by Crippen LogP contribution is 2.41. The molecule has 1 heterocycles. The molecule has 1 aliphatic rings. The van der Waals surface area contributed by atoms with E-state index in [1.165, 1.54) is 25.7 Å². The van der Waals surface area contributed by atoms with Crippen LogP contribution in [0.1, 0.15) is 45.6 Å². The first kappa shape index (κ1) is 14.2. The number of H-pyrrole nitrogens is 1. The van der Waals surface area contributed by atoms with Crippen LogP contribution in [-0.2, 0) is 0 Å². The van der Waals surface area contributed by atoms with Crippen LogP contribution in [0.5, 0.6) is 0 Å². The zero-order valence-corrected chi connectivity index (χ0v) is 13.6. The Bertz CT molecular complexity index is 671. The van der Waals surface area contributed by atoms with Crippen LogP contribution in [0, 0.1) is 16.6 Å². The van der Waals surface area contributed by atoms with E-state index in [1.807, 2.05) is 12.1 Å². The van der Waals surface area contributed by atoms with E-state index in [9.17, 15) is 0 Å². The minimum Gasteiger partial charge on any atom is -0.331 e. The number of aromatic amines is 1. The van der Waals surface area contributed by atoms with Gasteiger partial charge >= 0.3 is 0 Å². The summed E-state index contributed by atoms with van der Waals surface area (Å²) in [5.41, 5.74) is 2.13. The second kappa shape index (κ2) is 5.53. The van der Waals surface area contributed by atoms with Gasteiger partial charge in [0.25, 0.3) is 0 Å². The van der Waals surface area contributed by atoms with Gasteiger partial charge < -0.3 is 9.55 Å². The number of imidazole rings is 1. The average molecular weight is 309 g/mol. The third kappa shape index (κ3) is 2.31. The summed E-state index contributed by atoms with van der Waals surface area (Å²) in [4.78, 5) is 3.32. The lowest BCUT2D eigenvalue weighted by Gasteiger charge is -2.35. The number of para-hydroxylation sites is 1. The highest BCUT2D eigenvalue weighted by atomic mass is 35.5. The summed E-state index contributed by atoms with van der Waals surface area (Å²) >= 11 is 12.0. The van der Waals surface area contributed by atoms with Crippen LogP contribution < -0.4 is 0 Å². The highest BCUT2D eigenvalue weighted by molar-refractivity contribution is 7.71. The van der Waals surface area contributed by atoms with E-state index in [0.717, 1.165) is 20.8 Å². The third-order valence-corrected chi connectivity index (χ3v) is 5.26. The second-order valence-electron chi connectivity index (χ2n) is 6.20. The number of benzene rings is 1. The standard InChI is InChI=1S/C16H21ClN2S/c1-10(2)11-6-3-4-9-14(11)19-15-12(17)7-5-8-13(15)18-16(19)20/h5,7-8,10-11,14H,3-4,6,9H2,1-2H3,(H,18,20). The molecule has 1 aromatic heterocycles. The number of hydrogen-bond donors (Lipinski definition) is 1. The topological polar surface area (TPSA) is 20.7 Å². The summed E-state index contributed by atoms with van der Waals surface area (Å²) in [6.45, 7) is 4.64. The van der Waals surface area contributed by atoms with E-state index in [1.54, 1.807) is 0 Å². The predicted octanol–water partition coefficient (Wildman–Crippen LogP) is 5.74. The maximum atomic E-state index is 6.43. The zero-order chi connectivity index (χ0) is 14.3. The molecule has 0 bridgehead atoms. The van der Waals surface area contributed by atoms with Crippen molar-refractivity contribution in [1.82, 2.24) is 9.55 Å². The molecule has 0 aliphatic heterocycles. The Morgan fingerprint density at radius 3 is 2.80 bits per heavy atom. The van der Waals surface area contributed by atoms with Gasteiger partial charge in [-0.15, -0.1) is 0 Å². The Morgan fingerprint density at radius 2 is 2.05 bits per heavy atom. The number of halogens is 1. The van der Waals surface area contributed by atoms with Crippen LogP contribution in [0.3, 0.4) is 0 Å². The Balaban J connectivity index is 2.17. The minimum absolute atomic E-state index is 0.477. The first-order valence-corrected chi connectivity index (χ1v) is 8.27. The molecule has 0 radical (unpaired) electrons. The molecule has 2 nitrogen and oxygen atoms in total. The largest absolute Gasteiger partial charge is 0.331 e. The Hall–Kier alpha value is -0.800. The summed E-state index contributed by atoms with van der Waals surface area (Å²) < 4.78 is 3.10. The van der Waals surface area contributed by atoms with Crippen molar-refractivity contribution in [2.45, 2.75) is 45.6 Å². The van der Waals surface area contributed by atoms with Crippen molar-refractivity contribution < 1.29 is 0 Å². The molecule has 0 amide bonds. The number of fused-ring (bicyclic) bond motifs is 1. The number of rotatable bonds is 2. The molecule has 0 spiro atoms. The van der Waals surface area contributed by atoms with E-state index < -0.39 is 0 Å². The molecule has 108 valence electrons. The Labute approximate surface area is 130 Å². The monoisotopic (exact) mass is 308 g/mol. The number of nitrogens with zero attached hydrogens (tertiary/aromatic N) is 1. The molecule has 3 rings (SSSR count). The molecule has 2 unspecified atom stereocenters. The lowest BCUT2D eigenvalue weighted by Crippen LogP contribution is -2.27. The first-order chi connectivity index (χ1) is 9.59. The molecule has 1 aliphatic carbocycles. The van der Waals surface area contributed by atoms with Crippen LogP contribution in [0.25, 0.3) is 11.0 Å². The van der Waals surface area contributed by atoms with Gasteiger partial charge in [0.05, 0.1) is 16.1 Å². The van der Waals surface area contributed by atoms with Crippen LogP contribution in [0.15, 0.2) is 18.2 Å². The smallest absolute Gasteiger partial charge is 0.178 e. The molecular formula is C16H21ClN2S. The van der Waals surface area contributed by atoms with Crippen molar-refractivity contribution in [2.75, 3.05) is 0 Å². The Morgan fingerprint density at radius 1 is 1.30 bits per heavy atom. The molecule has 1 N–H and O–H groups in total. The summed E-state index contributed by atoms with van der Waals surface area (Å²) in [6.07, 6.45) is 5.12. The summed E-state index contributed by atoms with van der Waals surface area (Å²) in [5, 5.41) is 0.794. The third-order valence-electron chi connectivity index (χ3n) is 4.66. The van der Waals surface area contributed by atoms with Crippen LogP contribution in [0.4, 0.5) is 0 Å². The van der Waals surface area contributed by atoms with E-state index in [4.69, 9.17) is 23.8 Å². The molecule has 0 saturated heterocycles. The van der Waals surface area contributed by atoms with Crippen molar-refractivity contribution >= 4 is 34.9 Å². The summed E-state index contributed by atoms with van der Waals surface area (Å²) in [7, 11) is 0. The van der Waals surface area contributed by atoms with E-state index in [-0.39, 0.29) is 0 Å². The molecule has 1 saturated carbocycles. The van der Waals surface area contributed by atoms with Crippen LogP contribution >= 0.6 is 23.8 Å². The van der Waals surface area contributed by atoms with E-state index >= 15 is 0 Å². The van der Waals surface area contributed by atoms with Crippen molar-refractivity contribution in [3.63, 3.8) is 0 Å². The number of hydrogen-bond acceptors (Lipinski definition) is 1. The molecule has 2 atom stereocenters. The quantitative estimate of drug-likeness (QED) is 0.702. The van der Waals surface area contributed by atoms with Gasteiger partial charge in [0.1, 0.15) is 0 Å². The second-order valence-corrected chi connectivity index (χ2v) is 6.99. The molecule has 1 fully saturated rings. The van der Waals surface area contributed by atoms with Crippen molar-refractivity contribution in [3.05, 3.63) is 28.0 Å². The molecule has 20 heavy (non-hydrogen) atoms. The Kier molecular flexibility index (Phi) is 3.91. The fourth-order valence-corrected chi connectivity index (χ4v) is 4.29. The lowest BCUT2D eigenvalue weighted by molar-refractivity contribution is 0.186. The maximum Gasteiger partial charge on any atom is 0.178 e. The molecule has 2 aromatic rings. The average Bonchev–Trinajstić information content (AvgIpc) is 2.76. The van der Waals surface area contributed by atoms with Gasteiger partial charge in [0.15, 0.2) is 4.77 Å². The normalized spacial score (nSPS) is 23.6. The molecule has 4 heteroatoms. The van der Waals surface area contributed by atoms with Crippen molar-refractivity contribution in [2.24, 2.45) is 11.8 Å². The molecule has 1 aromatic carbocycles. The fourth-order valence-electron chi connectivity index (χ4n) is 3.69.